The molecule has 0 radical (unpaired) electrons. The number of carbonyl (C=O) groups excluding carboxylic acids is 1. The van der Waals surface area contributed by atoms with Crippen molar-refractivity contribution in [2.24, 2.45) is 5.73 Å². The Balaban J connectivity index is 0.00000288. The van der Waals surface area contributed by atoms with E-state index in [-0.39, 0.29) is 24.7 Å². The van der Waals surface area contributed by atoms with Crippen molar-refractivity contribution in [3.8, 4) is 5.75 Å². The minimum absolute atomic E-state index is 0. The Labute approximate surface area is 147 Å². The summed E-state index contributed by atoms with van der Waals surface area (Å²) in [5, 5.41) is 2.77. The molecule has 2 rings (SSSR count). The lowest BCUT2D eigenvalue weighted by Crippen LogP contribution is -2.30. The Hall–Kier alpha value is -2.11. The zero-order valence-electron chi connectivity index (χ0n) is 13.7. The van der Waals surface area contributed by atoms with Gasteiger partial charge in [-0.2, -0.15) is 0 Å². The van der Waals surface area contributed by atoms with Gasteiger partial charge in [-0.25, -0.2) is 4.39 Å². The molecule has 2 atom stereocenters. The third kappa shape index (κ3) is 4.94. The van der Waals surface area contributed by atoms with Gasteiger partial charge in [0.25, 0.3) is 0 Å². The predicted octanol–water partition coefficient (Wildman–Crippen LogP) is 3.52. The molecule has 2 unspecified atom stereocenters. The number of methoxy groups -OCH3 is 1. The molecule has 0 saturated carbocycles. The molecule has 4 nitrogen and oxygen atoms in total. The fourth-order valence-electron chi connectivity index (χ4n) is 2.51. The highest BCUT2D eigenvalue weighted by atomic mass is 35.5. The average Bonchev–Trinajstić information content (AvgIpc) is 2.54. The van der Waals surface area contributed by atoms with E-state index in [0.29, 0.717) is 11.3 Å². The van der Waals surface area contributed by atoms with Crippen LogP contribution in [0.1, 0.15) is 36.6 Å². The van der Waals surface area contributed by atoms with E-state index >= 15 is 0 Å². The van der Waals surface area contributed by atoms with Crippen LogP contribution < -0.4 is 15.8 Å². The summed E-state index contributed by atoms with van der Waals surface area (Å²) in [6.07, 6.45) is 0.130. The van der Waals surface area contributed by atoms with E-state index < -0.39 is 17.9 Å². The van der Waals surface area contributed by atoms with Gasteiger partial charge in [0.2, 0.25) is 5.91 Å². The normalized spacial score (nSPS) is 12.7. The zero-order valence-corrected chi connectivity index (χ0v) is 14.5. The Morgan fingerprint density at radius 1 is 1.21 bits per heavy atom. The number of benzene rings is 2. The molecule has 0 aliphatic rings. The minimum atomic E-state index is -0.512. The molecule has 6 heteroatoms. The largest absolute Gasteiger partial charge is 0.496 e. The summed E-state index contributed by atoms with van der Waals surface area (Å²) in [5.41, 5.74) is 7.25. The van der Waals surface area contributed by atoms with E-state index in [1.54, 1.807) is 19.1 Å². The van der Waals surface area contributed by atoms with Crippen LogP contribution in [-0.2, 0) is 4.79 Å². The van der Waals surface area contributed by atoms with Crippen molar-refractivity contribution in [2.75, 3.05) is 7.11 Å². The fourth-order valence-corrected chi connectivity index (χ4v) is 2.51. The van der Waals surface area contributed by atoms with Crippen molar-refractivity contribution >= 4 is 18.3 Å². The van der Waals surface area contributed by atoms with Crippen molar-refractivity contribution in [1.29, 1.82) is 0 Å². The zero-order chi connectivity index (χ0) is 16.8. The number of hydrogen-bond acceptors (Lipinski definition) is 3. The first-order valence-corrected chi connectivity index (χ1v) is 7.45. The molecule has 2 aromatic rings. The predicted molar refractivity (Wildman–Crippen MR) is 94.7 cm³/mol. The van der Waals surface area contributed by atoms with Gasteiger partial charge in [0.05, 0.1) is 18.7 Å². The standard InChI is InChI=1S/C18H21FN2O2.ClH/c1-12(18-14(19)9-6-10-16(18)23-2)21-17(22)11-15(20)13-7-4-3-5-8-13;/h3-10,12,15H,11,20H2,1-2H3,(H,21,22);1H. The van der Waals surface area contributed by atoms with Crippen LogP contribution in [0.4, 0.5) is 4.39 Å². The Kier molecular flexibility index (Phi) is 7.68. The monoisotopic (exact) mass is 352 g/mol. The molecule has 0 bridgehead atoms. The smallest absolute Gasteiger partial charge is 0.222 e. The molecule has 2 aromatic carbocycles. The van der Waals surface area contributed by atoms with Crippen molar-refractivity contribution in [3.63, 3.8) is 0 Å². The molecule has 0 aliphatic carbocycles. The molecule has 0 aliphatic heterocycles. The van der Waals surface area contributed by atoms with Crippen LogP contribution in [-0.4, -0.2) is 13.0 Å². The van der Waals surface area contributed by atoms with Crippen LogP contribution in [0.15, 0.2) is 48.5 Å². The van der Waals surface area contributed by atoms with Gasteiger partial charge in [-0.05, 0) is 24.6 Å². The third-order valence-electron chi connectivity index (χ3n) is 3.68. The van der Waals surface area contributed by atoms with Gasteiger partial charge < -0.3 is 15.8 Å². The topological polar surface area (TPSA) is 64.3 Å². The highest BCUT2D eigenvalue weighted by Crippen LogP contribution is 2.27. The van der Waals surface area contributed by atoms with Gasteiger partial charge >= 0.3 is 0 Å². The number of ether oxygens (including phenoxy) is 1. The van der Waals surface area contributed by atoms with Crippen molar-refractivity contribution in [2.45, 2.75) is 25.4 Å². The lowest BCUT2D eigenvalue weighted by Gasteiger charge is -2.19. The first kappa shape index (κ1) is 19.9. The van der Waals surface area contributed by atoms with Crippen LogP contribution in [0.3, 0.4) is 0 Å². The maximum atomic E-state index is 14.0. The number of halogens is 2. The molecule has 3 N–H and O–H groups in total. The molecule has 130 valence electrons. The van der Waals surface area contributed by atoms with Crippen LogP contribution in [0.5, 0.6) is 5.75 Å². The summed E-state index contributed by atoms with van der Waals surface area (Å²) < 4.78 is 19.2. The van der Waals surface area contributed by atoms with Gasteiger partial charge in [-0.1, -0.05) is 36.4 Å². The van der Waals surface area contributed by atoms with Gasteiger partial charge in [0.15, 0.2) is 0 Å². The Bertz CT molecular complexity index is 667. The summed E-state index contributed by atoms with van der Waals surface area (Å²) in [5.74, 6) is -0.242. The number of nitrogens with one attached hydrogen (secondary N) is 1. The molecule has 0 saturated heterocycles. The van der Waals surface area contributed by atoms with E-state index in [1.807, 2.05) is 30.3 Å². The van der Waals surface area contributed by atoms with Crippen LogP contribution in [0, 0.1) is 5.82 Å². The second-order valence-corrected chi connectivity index (χ2v) is 5.37. The van der Waals surface area contributed by atoms with Gasteiger partial charge in [0.1, 0.15) is 11.6 Å². The molecule has 24 heavy (non-hydrogen) atoms. The van der Waals surface area contributed by atoms with Gasteiger partial charge in [-0.15, -0.1) is 12.4 Å². The minimum Gasteiger partial charge on any atom is -0.496 e. The number of amides is 1. The fraction of sp³-hybridized carbons (Fsp3) is 0.278. The van der Waals surface area contributed by atoms with Crippen molar-refractivity contribution < 1.29 is 13.9 Å². The van der Waals surface area contributed by atoms with Crippen LogP contribution in [0.25, 0.3) is 0 Å². The summed E-state index contributed by atoms with van der Waals surface area (Å²) in [6, 6.07) is 13.1. The highest BCUT2D eigenvalue weighted by molar-refractivity contribution is 5.85. The molecule has 0 heterocycles. The molecular weight excluding hydrogens is 331 g/mol. The molecule has 0 fully saturated rings. The van der Waals surface area contributed by atoms with E-state index in [2.05, 4.69) is 5.32 Å². The average molecular weight is 353 g/mol. The quantitative estimate of drug-likeness (QED) is 0.836. The lowest BCUT2D eigenvalue weighted by molar-refractivity contribution is -0.122. The maximum absolute atomic E-state index is 14.0. The Morgan fingerprint density at radius 2 is 1.88 bits per heavy atom. The lowest BCUT2D eigenvalue weighted by atomic mass is 10.0. The maximum Gasteiger partial charge on any atom is 0.222 e. The SMILES string of the molecule is COc1cccc(F)c1C(C)NC(=O)CC(N)c1ccccc1.Cl. The summed E-state index contributed by atoms with van der Waals surface area (Å²) in [4.78, 5) is 12.2. The first-order valence-electron chi connectivity index (χ1n) is 7.45. The van der Waals surface area contributed by atoms with Crippen LogP contribution >= 0.6 is 12.4 Å². The summed E-state index contributed by atoms with van der Waals surface area (Å²) in [6.45, 7) is 1.72. The van der Waals surface area contributed by atoms with Gasteiger partial charge in [-0.3, -0.25) is 4.79 Å². The van der Waals surface area contributed by atoms with E-state index in [9.17, 15) is 9.18 Å². The van der Waals surface area contributed by atoms with Crippen molar-refractivity contribution in [1.82, 2.24) is 5.32 Å². The van der Waals surface area contributed by atoms with Crippen LogP contribution in [0.2, 0.25) is 0 Å². The third-order valence-corrected chi connectivity index (χ3v) is 3.68. The highest BCUT2D eigenvalue weighted by Gasteiger charge is 2.19. The molecule has 1 amide bonds. The Morgan fingerprint density at radius 3 is 2.50 bits per heavy atom. The van der Waals surface area contributed by atoms with E-state index in [1.165, 1.54) is 13.2 Å². The summed E-state index contributed by atoms with van der Waals surface area (Å²) >= 11 is 0. The number of nitrogens with two attached hydrogens (primary N) is 1. The van der Waals surface area contributed by atoms with E-state index in [4.69, 9.17) is 10.5 Å². The van der Waals surface area contributed by atoms with Crippen molar-refractivity contribution in [3.05, 3.63) is 65.5 Å². The van der Waals surface area contributed by atoms with Gasteiger partial charge in [0, 0.05) is 12.5 Å². The first-order chi connectivity index (χ1) is 11.0. The number of hydrogen-bond donors (Lipinski definition) is 2. The molecule has 0 aromatic heterocycles. The number of rotatable bonds is 6. The number of carbonyl (C=O) groups is 1. The second kappa shape index (κ2) is 9.25. The summed E-state index contributed by atoms with van der Waals surface area (Å²) in [7, 11) is 1.47. The molecular formula is C18H22ClFN2O2. The second-order valence-electron chi connectivity index (χ2n) is 5.37. The molecule has 0 spiro atoms. The van der Waals surface area contributed by atoms with E-state index in [0.717, 1.165) is 5.56 Å².